The summed E-state index contributed by atoms with van der Waals surface area (Å²) in [4.78, 5) is 19.4. The van der Waals surface area contributed by atoms with Gasteiger partial charge in [-0.15, -0.1) is 0 Å². The lowest BCUT2D eigenvalue weighted by atomic mass is 9.75. The van der Waals surface area contributed by atoms with Crippen LogP contribution in [-0.2, 0) is 5.41 Å². The minimum absolute atomic E-state index is 0.0212. The number of hydrogen-bond acceptors (Lipinski definition) is 2. The molecular weight excluding hydrogens is 272 g/mol. The highest BCUT2D eigenvalue weighted by atomic mass is 16.2. The number of nitrogens with zero attached hydrogens (tertiary/aromatic N) is 2. The van der Waals surface area contributed by atoms with Crippen molar-refractivity contribution in [2.24, 2.45) is 11.8 Å². The molecule has 2 aliphatic rings. The van der Waals surface area contributed by atoms with E-state index in [2.05, 4.69) is 30.7 Å². The predicted molar refractivity (Wildman–Crippen MR) is 88.9 cm³/mol. The SMILES string of the molecule is CC(C)(C)c1cc(C(=O)N2CC[C@@H]3CCCC[C@H]3C2)ccn1. The molecule has 2 fully saturated rings. The molecule has 0 bridgehead atoms. The molecule has 120 valence electrons. The van der Waals surface area contributed by atoms with Crippen molar-refractivity contribution in [1.29, 1.82) is 0 Å². The second-order valence-electron chi connectivity index (χ2n) is 8.02. The highest BCUT2D eigenvalue weighted by molar-refractivity contribution is 5.94. The Morgan fingerprint density at radius 2 is 1.91 bits per heavy atom. The third-order valence-electron chi connectivity index (χ3n) is 5.35. The average Bonchev–Trinajstić information content (AvgIpc) is 2.53. The molecule has 2 atom stereocenters. The topological polar surface area (TPSA) is 33.2 Å². The number of carbonyl (C=O) groups excluding carboxylic acids is 1. The van der Waals surface area contributed by atoms with Gasteiger partial charge in [0.05, 0.1) is 0 Å². The second kappa shape index (κ2) is 6.02. The Hall–Kier alpha value is -1.38. The molecule has 1 amide bonds. The van der Waals surface area contributed by atoms with Crippen LogP contribution < -0.4 is 0 Å². The third-order valence-corrected chi connectivity index (χ3v) is 5.35. The maximum Gasteiger partial charge on any atom is 0.253 e. The molecule has 3 rings (SSSR count). The fraction of sp³-hybridized carbons (Fsp3) is 0.684. The lowest BCUT2D eigenvalue weighted by Crippen LogP contribution is -2.44. The van der Waals surface area contributed by atoms with Gasteiger partial charge in [0.2, 0.25) is 0 Å². The van der Waals surface area contributed by atoms with Gasteiger partial charge in [-0.3, -0.25) is 9.78 Å². The number of likely N-dealkylation sites (tertiary alicyclic amines) is 1. The Labute approximate surface area is 134 Å². The number of rotatable bonds is 1. The third kappa shape index (κ3) is 3.18. The number of fused-ring (bicyclic) bond motifs is 1. The van der Waals surface area contributed by atoms with Crippen LogP contribution in [-0.4, -0.2) is 28.9 Å². The van der Waals surface area contributed by atoms with E-state index in [4.69, 9.17) is 0 Å². The quantitative estimate of drug-likeness (QED) is 0.784. The Bertz CT molecular complexity index is 547. The van der Waals surface area contributed by atoms with Crippen molar-refractivity contribution >= 4 is 5.91 Å². The van der Waals surface area contributed by atoms with Crippen molar-refractivity contribution in [1.82, 2.24) is 9.88 Å². The second-order valence-corrected chi connectivity index (χ2v) is 8.02. The molecule has 0 aromatic carbocycles. The summed E-state index contributed by atoms with van der Waals surface area (Å²) < 4.78 is 0. The first-order valence-electron chi connectivity index (χ1n) is 8.71. The van der Waals surface area contributed by atoms with Gasteiger partial charge in [0, 0.05) is 36.0 Å². The van der Waals surface area contributed by atoms with Crippen LogP contribution in [0, 0.1) is 11.8 Å². The molecule has 1 aliphatic carbocycles. The zero-order chi connectivity index (χ0) is 15.7. The van der Waals surface area contributed by atoms with Gasteiger partial charge in [-0.05, 0) is 36.8 Å². The fourth-order valence-corrected chi connectivity index (χ4v) is 3.94. The van der Waals surface area contributed by atoms with Crippen LogP contribution in [0.5, 0.6) is 0 Å². The summed E-state index contributed by atoms with van der Waals surface area (Å²) in [7, 11) is 0. The largest absolute Gasteiger partial charge is 0.338 e. The summed E-state index contributed by atoms with van der Waals surface area (Å²) in [5.41, 5.74) is 1.77. The normalized spacial score (nSPS) is 25.7. The number of piperidine rings is 1. The van der Waals surface area contributed by atoms with Crippen molar-refractivity contribution in [2.75, 3.05) is 13.1 Å². The van der Waals surface area contributed by atoms with Gasteiger partial charge in [-0.1, -0.05) is 40.0 Å². The summed E-state index contributed by atoms with van der Waals surface area (Å²) in [6, 6.07) is 3.85. The van der Waals surface area contributed by atoms with Crippen molar-refractivity contribution < 1.29 is 4.79 Å². The van der Waals surface area contributed by atoms with Crippen molar-refractivity contribution in [3.05, 3.63) is 29.6 Å². The molecular formula is C19H28N2O. The predicted octanol–water partition coefficient (Wildman–Crippen LogP) is 4.03. The lowest BCUT2D eigenvalue weighted by Gasteiger charge is -2.41. The van der Waals surface area contributed by atoms with Crippen LogP contribution in [0.3, 0.4) is 0 Å². The maximum atomic E-state index is 12.9. The van der Waals surface area contributed by atoms with Crippen LogP contribution in [0.4, 0.5) is 0 Å². The van der Waals surface area contributed by atoms with Gasteiger partial charge < -0.3 is 4.90 Å². The van der Waals surface area contributed by atoms with Gasteiger partial charge in [-0.2, -0.15) is 0 Å². The van der Waals surface area contributed by atoms with E-state index in [0.717, 1.165) is 36.2 Å². The first kappa shape index (κ1) is 15.5. The Morgan fingerprint density at radius 1 is 1.18 bits per heavy atom. The molecule has 1 saturated heterocycles. The van der Waals surface area contributed by atoms with Gasteiger partial charge in [0.15, 0.2) is 0 Å². The summed E-state index contributed by atoms with van der Waals surface area (Å²) in [6.07, 6.45) is 8.37. The van der Waals surface area contributed by atoms with E-state index in [-0.39, 0.29) is 11.3 Å². The van der Waals surface area contributed by atoms with Gasteiger partial charge >= 0.3 is 0 Å². The molecule has 0 N–H and O–H groups in total. The van der Waals surface area contributed by atoms with Crippen LogP contribution in [0.2, 0.25) is 0 Å². The summed E-state index contributed by atoms with van der Waals surface area (Å²) >= 11 is 0. The van der Waals surface area contributed by atoms with E-state index >= 15 is 0 Å². The highest BCUT2D eigenvalue weighted by Gasteiger charge is 2.33. The van der Waals surface area contributed by atoms with Crippen molar-refractivity contribution in [3.63, 3.8) is 0 Å². The maximum absolute atomic E-state index is 12.9. The number of amides is 1. The average molecular weight is 300 g/mol. The Kier molecular flexibility index (Phi) is 4.24. The van der Waals surface area contributed by atoms with Crippen LogP contribution in [0.25, 0.3) is 0 Å². The minimum atomic E-state index is -0.0212. The summed E-state index contributed by atoms with van der Waals surface area (Å²) in [5, 5.41) is 0. The zero-order valence-electron chi connectivity index (χ0n) is 14.1. The molecule has 1 aromatic rings. The number of hydrogen-bond donors (Lipinski definition) is 0. The van der Waals surface area contributed by atoms with Gasteiger partial charge in [0.25, 0.3) is 5.91 Å². The molecule has 1 aliphatic heterocycles. The van der Waals surface area contributed by atoms with E-state index < -0.39 is 0 Å². The van der Waals surface area contributed by atoms with E-state index in [1.165, 1.54) is 32.1 Å². The molecule has 0 spiro atoms. The van der Waals surface area contributed by atoms with Gasteiger partial charge in [0.1, 0.15) is 0 Å². The number of carbonyl (C=O) groups is 1. The smallest absolute Gasteiger partial charge is 0.253 e. The molecule has 0 radical (unpaired) electrons. The molecule has 1 aromatic heterocycles. The van der Waals surface area contributed by atoms with Crippen molar-refractivity contribution in [3.8, 4) is 0 Å². The van der Waals surface area contributed by atoms with E-state index in [1.807, 2.05) is 12.1 Å². The first-order valence-corrected chi connectivity index (χ1v) is 8.71. The summed E-state index contributed by atoms with van der Waals surface area (Å²) in [6.45, 7) is 8.29. The summed E-state index contributed by atoms with van der Waals surface area (Å²) in [5.74, 6) is 1.78. The molecule has 3 nitrogen and oxygen atoms in total. The lowest BCUT2D eigenvalue weighted by molar-refractivity contribution is 0.0520. The van der Waals surface area contributed by atoms with Crippen LogP contribution in [0.1, 0.15) is 68.9 Å². The molecule has 0 unspecified atom stereocenters. The zero-order valence-corrected chi connectivity index (χ0v) is 14.1. The van der Waals surface area contributed by atoms with Crippen molar-refractivity contribution in [2.45, 2.75) is 58.3 Å². The van der Waals surface area contributed by atoms with E-state index in [9.17, 15) is 4.79 Å². The number of aromatic nitrogens is 1. The highest BCUT2D eigenvalue weighted by Crippen LogP contribution is 2.36. The minimum Gasteiger partial charge on any atom is -0.338 e. The molecule has 2 heterocycles. The Morgan fingerprint density at radius 3 is 2.64 bits per heavy atom. The monoisotopic (exact) mass is 300 g/mol. The van der Waals surface area contributed by atoms with Crippen LogP contribution >= 0.6 is 0 Å². The standard InChI is InChI=1S/C19H28N2O/c1-19(2,3)17-12-15(8-10-20-17)18(22)21-11-9-14-6-4-5-7-16(14)13-21/h8,10,12,14,16H,4-7,9,11,13H2,1-3H3/t14-,16-/m0/s1. The van der Waals surface area contributed by atoms with E-state index in [0.29, 0.717) is 0 Å². The first-order chi connectivity index (χ1) is 10.4. The Balaban J connectivity index is 1.74. The fourth-order valence-electron chi connectivity index (χ4n) is 3.94. The van der Waals surface area contributed by atoms with Gasteiger partial charge in [-0.25, -0.2) is 0 Å². The van der Waals surface area contributed by atoms with E-state index in [1.54, 1.807) is 6.20 Å². The number of pyridine rings is 1. The molecule has 3 heteroatoms. The molecule has 1 saturated carbocycles. The van der Waals surface area contributed by atoms with Crippen LogP contribution in [0.15, 0.2) is 18.3 Å². The molecule has 22 heavy (non-hydrogen) atoms.